The molecule has 0 spiro atoms. The molecule has 0 aliphatic carbocycles. The Labute approximate surface area is 107 Å². The minimum absolute atomic E-state index is 0.686. The number of hydrogen-bond acceptors (Lipinski definition) is 4. The number of ether oxygens (including phenoxy) is 1. The van der Waals surface area contributed by atoms with Crippen molar-refractivity contribution in [2.45, 2.75) is 19.0 Å². The first-order valence-corrected chi connectivity index (χ1v) is 7.06. The van der Waals surface area contributed by atoms with E-state index in [1.807, 2.05) is 30.0 Å². The van der Waals surface area contributed by atoms with Gasteiger partial charge >= 0.3 is 0 Å². The highest BCUT2D eigenvalue weighted by Crippen LogP contribution is 2.25. The Morgan fingerprint density at radius 2 is 2.35 bits per heavy atom. The van der Waals surface area contributed by atoms with E-state index >= 15 is 0 Å². The van der Waals surface area contributed by atoms with E-state index in [1.165, 1.54) is 17.9 Å². The monoisotopic (exact) mass is 252 g/mol. The van der Waals surface area contributed by atoms with Crippen LogP contribution in [0.25, 0.3) is 0 Å². The number of nitrogen functional groups attached to an aromatic ring is 1. The van der Waals surface area contributed by atoms with Crippen LogP contribution in [-0.2, 0) is 6.54 Å². The second kappa shape index (κ2) is 5.65. The lowest BCUT2D eigenvalue weighted by atomic mass is 10.1. The standard InChI is InChI=1S/C13H20N2OS/c1-15(11-5-6-17-9-11)8-10-7-12(16-2)3-4-13(10)14/h3-4,7,11H,5-6,8-9,14H2,1-2H3. The van der Waals surface area contributed by atoms with Gasteiger partial charge in [0.1, 0.15) is 5.75 Å². The first-order valence-electron chi connectivity index (χ1n) is 5.91. The van der Waals surface area contributed by atoms with Crippen LogP contribution in [0.15, 0.2) is 18.2 Å². The molecule has 2 N–H and O–H groups in total. The molecule has 0 bridgehead atoms. The number of rotatable bonds is 4. The molecule has 0 amide bonds. The largest absolute Gasteiger partial charge is 0.497 e. The summed E-state index contributed by atoms with van der Waals surface area (Å²) in [6.45, 7) is 0.897. The van der Waals surface area contributed by atoms with Crippen molar-refractivity contribution in [2.24, 2.45) is 0 Å². The molecule has 1 aliphatic heterocycles. The van der Waals surface area contributed by atoms with Crippen LogP contribution in [0.1, 0.15) is 12.0 Å². The maximum absolute atomic E-state index is 6.00. The van der Waals surface area contributed by atoms with Gasteiger partial charge in [0.2, 0.25) is 0 Å². The van der Waals surface area contributed by atoms with E-state index in [0.717, 1.165) is 23.5 Å². The van der Waals surface area contributed by atoms with Gasteiger partial charge in [-0.3, -0.25) is 4.90 Å². The highest BCUT2D eigenvalue weighted by atomic mass is 32.2. The summed E-state index contributed by atoms with van der Waals surface area (Å²) >= 11 is 2.04. The molecule has 1 fully saturated rings. The number of nitrogens with zero attached hydrogens (tertiary/aromatic N) is 1. The SMILES string of the molecule is COc1ccc(N)c(CN(C)C2CCSC2)c1. The second-order valence-electron chi connectivity index (χ2n) is 4.50. The first kappa shape index (κ1) is 12.6. The maximum atomic E-state index is 6.00. The number of thioether (sulfide) groups is 1. The number of hydrogen-bond donors (Lipinski definition) is 1. The van der Waals surface area contributed by atoms with Gasteiger partial charge in [0.05, 0.1) is 7.11 Å². The van der Waals surface area contributed by atoms with Gasteiger partial charge in [-0.15, -0.1) is 0 Å². The Balaban J connectivity index is 2.06. The molecule has 1 aliphatic rings. The summed E-state index contributed by atoms with van der Waals surface area (Å²) < 4.78 is 5.24. The fourth-order valence-electron chi connectivity index (χ4n) is 2.11. The van der Waals surface area contributed by atoms with Gasteiger partial charge in [0, 0.05) is 24.0 Å². The highest BCUT2D eigenvalue weighted by molar-refractivity contribution is 7.99. The van der Waals surface area contributed by atoms with Crippen molar-refractivity contribution in [2.75, 3.05) is 31.4 Å². The lowest BCUT2D eigenvalue weighted by molar-refractivity contribution is 0.254. The number of benzene rings is 1. The number of methoxy groups -OCH3 is 1. The molecule has 1 aromatic rings. The van der Waals surface area contributed by atoms with Gasteiger partial charge in [-0.2, -0.15) is 11.8 Å². The van der Waals surface area contributed by atoms with Gasteiger partial charge in [-0.1, -0.05) is 0 Å². The molecule has 2 rings (SSSR count). The molecule has 1 atom stereocenters. The minimum atomic E-state index is 0.686. The van der Waals surface area contributed by atoms with Crippen molar-refractivity contribution < 1.29 is 4.74 Å². The van der Waals surface area contributed by atoms with Crippen molar-refractivity contribution in [1.29, 1.82) is 0 Å². The van der Waals surface area contributed by atoms with Crippen molar-refractivity contribution in [3.05, 3.63) is 23.8 Å². The van der Waals surface area contributed by atoms with E-state index in [-0.39, 0.29) is 0 Å². The van der Waals surface area contributed by atoms with Crippen LogP contribution in [0.2, 0.25) is 0 Å². The number of nitrogens with two attached hydrogens (primary N) is 1. The van der Waals surface area contributed by atoms with Crippen molar-refractivity contribution >= 4 is 17.4 Å². The van der Waals surface area contributed by atoms with E-state index in [9.17, 15) is 0 Å². The quantitative estimate of drug-likeness (QED) is 0.834. The third-order valence-electron chi connectivity index (χ3n) is 3.30. The average Bonchev–Trinajstić information content (AvgIpc) is 2.85. The molecule has 1 saturated heterocycles. The Morgan fingerprint density at radius 1 is 1.53 bits per heavy atom. The zero-order valence-electron chi connectivity index (χ0n) is 10.5. The Morgan fingerprint density at radius 3 is 3.00 bits per heavy atom. The molecule has 1 unspecified atom stereocenters. The van der Waals surface area contributed by atoms with Crippen LogP contribution < -0.4 is 10.5 Å². The smallest absolute Gasteiger partial charge is 0.119 e. The summed E-state index contributed by atoms with van der Waals surface area (Å²) in [6.07, 6.45) is 1.28. The number of anilines is 1. The fourth-order valence-corrected chi connectivity index (χ4v) is 3.41. The third kappa shape index (κ3) is 3.07. The summed E-state index contributed by atoms with van der Waals surface area (Å²) in [5, 5.41) is 0. The highest BCUT2D eigenvalue weighted by Gasteiger charge is 2.20. The Kier molecular flexibility index (Phi) is 4.18. The fraction of sp³-hybridized carbons (Fsp3) is 0.538. The van der Waals surface area contributed by atoms with Gasteiger partial charge in [-0.25, -0.2) is 0 Å². The molecule has 1 aromatic carbocycles. The zero-order valence-corrected chi connectivity index (χ0v) is 11.3. The predicted molar refractivity (Wildman–Crippen MR) is 74.6 cm³/mol. The topological polar surface area (TPSA) is 38.5 Å². The molecular formula is C13H20N2OS. The van der Waals surface area contributed by atoms with Gasteiger partial charge in [0.25, 0.3) is 0 Å². The normalized spacial score (nSPS) is 19.8. The summed E-state index contributed by atoms with van der Waals surface area (Å²) in [5.41, 5.74) is 8.01. The molecule has 17 heavy (non-hydrogen) atoms. The Hall–Kier alpha value is -0.870. The average molecular weight is 252 g/mol. The first-order chi connectivity index (χ1) is 8.20. The second-order valence-corrected chi connectivity index (χ2v) is 5.65. The molecule has 1 heterocycles. The molecule has 0 aromatic heterocycles. The van der Waals surface area contributed by atoms with Crippen LogP contribution in [0.4, 0.5) is 5.69 Å². The Bertz CT molecular complexity index is 378. The van der Waals surface area contributed by atoms with Gasteiger partial charge in [-0.05, 0) is 43.0 Å². The van der Waals surface area contributed by atoms with Crippen LogP contribution in [-0.4, -0.2) is 36.6 Å². The lowest BCUT2D eigenvalue weighted by Gasteiger charge is -2.24. The van der Waals surface area contributed by atoms with Crippen molar-refractivity contribution in [3.8, 4) is 5.75 Å². The van der Waals surface area contributed by atoms with Crippen LogP contribution >= 0.6 is 11.8 Å². The van der Waals surface area contributed by atoms with Crippen LogP contribution in [0, 0.1) is 0 Å². The minimum Gasteiger partial charge on any atom is -0.497 e. The molecule has 0 radical (unpaired) electrons. The summed E-state index contributed by atoms with van der Waals surface area (Å²) in [6, 6.07) is 6.55. The van der Waals surface area contributed by atoms with E-state index in [0.29, 0.717) is 6.04 Å². The molecular weight excluding hydrogens is 232 g/mol. The third-order valence-corrected chi connectivity index (χ3v) is 4.44. The van der Waals surface area contributed by atoms with E-state index in [4.69, 9.17) is 10.5 Å². The molecule has 4 heteroatoms. The summed E-state index contributed by atoms with van der Waals surface area (Å²) in [4.78, 5) is 2.39. The van der Waals surface area contributed by atoms with Crippen molar-refractivity contribution in [3.63, 3.8) is 0 Å². The van der Waals surface area contributed by atoms with E-state index < -0.39 is 0 Å². The summed E-state index contributed by atoms with van der Waals surface area (Å²) in [5.74, 6) is 3.39. The summed E-state index contributed by atoms with van der Waals surface area (Å²) in [7, 11) is 3.86. The zero-order chi connectivity index (χ0) is 12.3. The van der Waals surface area contributed by atoms with Crippen LogP contribution in [0.3, 0.4) is 0 Å². The molecule has 0 saturated carbocycles. The van der Waals surface area contributed by atoms with Crippen molar-refractivity contribution in [1.82, 2.24) is 4.90 Å². The molecule has 3 nitrogen and oxygen atoms in total. The maximum Gasteiger partial charge on any atom is 0.119 e. The molecule has 94 valence electrons. The predicted octanol–water partition coefficient (Wildman–Crippen LogP) is 2.21. The van der Waals surface area contributed by atoms with Crippen LogP contribution in [0.5, 0.6) is 5.75 Å². The lowest BCUT2D eigenvalue weighted by Crippen LogP contribution is -2.31. The van der Waals surface area contributed by atoms with Gasteiger partial charge in [0.15, 0.2) is 0 Å². The van der Waals surface area contributed by atoms with E-state index in [2.05, 4.69) is 11.9 Å². The van der Waals surface area contributed by atoms with E-state index in [1.54, 1.807) is 7.11 Å². The van der Waals surface area contributed by atoms with Gasteiger partial charge < -0.3 is 10.5 Å².